The van der Waals surface area contributed by atoms with Gasteiger partial charge in [0, 0.05) is 0 Å². The Hall–Kier alpha value is -2.11. The van der Waals surface area contributed by atoms with Crippen molar-refractivity contribution >= 4 is 5.97 Å². The molecule has 0 spiro atoms. The van der Waals surface area contributed by atoms with Gasteiger partial charge in [-0.25, -0.2) is 0 Å². The van der Waals surface area contributed by atoms with E-state index >= 15 is 0 Å². The molecule has 1 aromatic carbocycles. The van der Waals surface area contributed by atoms with Gasteiger partial charge in [-0.2, -0.15) is 0 Å². The van der Waals surface area contributed by atoms with Crippen LogP contribution in [0.4, 0.5) is 0 Å². The van der Waals surface area contributed by atoms with Gasteiger partial charge in [0.25, 0.3) is 5.09 Å². The van der Waals surface area contributed by atoms with Gasteiger partial charge >= 0.3 is 5.97 Å². The number of esters is 1. The highest BCUT2D eigenvalue weighted by Gasteiger charge is 2.20. The highest BCUT2D eigenvalue weighted by Crippen LogP contribution is 2.19. The molecule has 0 amide bonds. The number of ether oxygens (including phenoxy) is 1. The lowest BCUT2D eigenvalue weighted by molar-refractivity contribution is -0.769. The second kappa shape index (κ2) is 9.12. The van der Waals surface area contributed by atoms with Crippen molar-refractivity contribution in [2.24, 2.45) is 5.92 Å². The molecule has 2 atom stereocenters. The van der Waals surface area contributed by atoms with Crippen molar-refractivity contribution < 1.29 is 19.5 Å². The summed E-state index contributed by atoms with van der Waals surface area (Å²) in [5.74, 6) is -0.251. The number of hydrogen-bond donors (Lipinski definition) is 0. The molecular formula is C17H25NO5. The first kappa shape index (κ1) is 18.9. The van der Waals surface area contributed by atoms with Gasteiger partial charge in [-0.1, -0.05) is 45.0 Å². The summed E-state index contributed by atoms with van der Waals surface area (Å²) in [5.41, 5.74) is 2.10. The van der Waals surface area contributed by atoms with Crippen LogP contribution in [0.5, 0.6) is 0 Å². The van der Waals surface area contributed by atoms with Crippen LogP contribution >= 0.6 is 0 Å². The van der Waals surface area contributed by atoms with Crippen molar-refractivity contribution in [3.63, 3.8) is 0 Å². The molecule has 0 aromatic heterocycles. The molecule has 0 saturated heterocycles. The summed E-state index contributed by atoms with van der Waals surface area (Å²) >= 11 is 0. The highest BCUT2D eigenvalue weighted by molar-refractivity contribution is 5.77. The minimum Gasteiger partial charge on any atom is -0.463 e. The lowest BCUT2D eigenvalue weighted by atomic mass is 9.97. The standard InChI is InChI=1S/C17H25NO5/c1-5-16(23-18(20)21)11-22-17(19)13(4)15-8-6-14(7-9-15)10-12(2)3/h6-9,12-13,16H,5,10-11H2,1-4H3. The average Bonchev–Trinajstić information content (AvgIpc) is 2.50. The second-order valence-corrected chi connectivity index (χ2v) is 6.05. The molecule has 0 heterocycles. The van der Waals surface area contributed by atoms with Crippen molar-refractivity contribution in [3.8, 4) is 0 Å². The molecule has 23 heavy (non-hydrogen) atoms. The van der Waals surface area contributed by atoms with Gasteiger partial charge in [-0.05, 0) is 36.8 Å². The van der Waals surface area contributed by atoms with Crippen LogP contribution in [0.15, 0.2) is 24.3 Å². The predicted molar refractivity (Wildman–Crippen MR) is 86.5 cm³/mol. The number of benzene rings is 1. The summed E-state index contributed by atoms with van der Waals surface area (Å²) in [6.07, 6.45) is 0.664. The highest BCUT2D eigenvalue weighted by atomic mass is 17.0. The Labute approximate surface area is 136 Å². The SMILES string of the molecule is CCC(COC(=O)C(C)c1ccc(CC(C)C)cc1)O[N+](=O)[O-]. The molecule has 0 bridgehead atoms. The first-order valence-electron chi connectivity index (χ1n) is 7.90. The summed E-state index contributed by atoms with van der Waals surface area (Å²) in [6, 6.07) is 7.89. The zero-order valence-corrected chi connectivity index (χ0v) is 14.2. The minimum absolute atomic E-state index is 0.119. The van der Waals surface area contributed by atoms with Crippen LogP contribution in [0.3, 0.4) is 0 Å². The molecule has 0 saturated carbocycles. The third-order valence-electron chi connectivity index (χ3n) is 3.58. The van der Waals surface area contributed by atoms with Crippen LogP contribution in [0.25, 0.3) is 0 Å². The molecule has 0 fully saturated rings. The Balaban J connectivity index is 2.57. The van der Waals surface area contributed by atoms with Crippen LogP contribution < -0.4 is 0 Å². The molecule has 0 N–H and O–H groups in total. The molecule has 2 unspecified atom stereocenters. The fraction of sp³-hybridized carbons (Fsp3) is 0.588. The molecule has 1 rings (SSSR count). The summed E-state index contributed by atoms with van der Waals surface area (Å²) in [7, 11) is 0. The van der Waals surface area contributed by atoms with E-state index in [9.17, 15) is 14.9 Å². The van der Waals surface area contributed by atoms with Crippen molar-refractivity contribution in [2.45, 2.75) is 52.6 Å². The largest absolute Gasteiger partial charge is 0.463 e. The Morgan fingerprint density at radius 3 is 2.30 bits per heavy atom. The van der Waals surface area contributed by atoms with Crippen molar-refractivity contribution in [2.75, 3.05) is 6.61 Å². The predicted octanol–water partition coefficient (Wildman–Crippen LogP) is 3.52. The number of hydrogen-bond acceptors (Lipinski definition) is 5. The molecule has 1 aromatic rings. The van der Waals surface area contributed by atoms with Gasteiger partial charge in [0.1, 0.15) is 12.7 Å². The summed E-state index contributed by atoms with van der Waals surface area (Å²) in [4.78, 5) is 26.8. The number of rotatable bonds is 9. The van der Waals surface area contributed by atoms with Crippen LogP contribution in [0.2, 0.25) is 0 Å². The monoisotopic (exact) mass is 323 g/mol. The molecule has 6 nitrogen and oxygen atoms in total. The smallest absolute Gasteiger partial charge is 0.313 e. The van der Waals surface area contributed by atoms with Gasteiger partial charge in [-0.3, -0.25) is 4.79 Å². The van der Waals surface area contributed by atoms with Gasteiger partial charge in [0.05, 0.1) is 5.92 Å². The zero-order chi connectivity index (χ0) is 17.4. The fourth-order valence-corrected chi connectivity index (χ4v) is 2.19. The molecule has 0 aliphatic carbocycles. The van der Waals surface area contributed by atoms with Crippen molar-refractivity contribution in [1.82, 2.24) is 0 Å². The Morgan fingerprint density at radius 1 is 1.22 bits per heavy atom. The topological polar surface area (TPSA) is 78.7 Å². The minimum atomic E-state index is -0.862. The van der Waals surface area contributed by atoms with Crippen LogP contribution in [-0.2, 0) is 20.8 Å². The van der Waals surface area contributed by atoms with E-state index in [-0.39, 0.29) is 6.61 Å². The first-order valence-corrected chi connectivity index (χ1v) is 7.90. The first-order chi connectivity index (χ1) is 10.8. The summed E-state index contributed by atoms with van der Waals surface area (Å²) in [5, 5.41) is 9.46. The third kappa shape index (κ3) is 6.67. The second-order valence-electron chi connectivity index (χ2n) is 6.05. The molecule has 6 heteroatoms. The third-order valence-corrected chi connectivity index (χ3v) is 3.58. The Bertz CT molecular complexity index is 512. The van der Waals surface area contributed by atoms with Crippen LogP contribution in [-0.4, -0.2) is 23.8 Å². The Kier molecular flexibility index (Phi) is 7.51. The zero-order valence-electron chi connectivity index (χ0n) is 14.2. The molecule has 128 valence electrons. The van der Waals surface area contributed by atoms with Crippen LogP contribution in [0, 0.1) is 16.0 Å². The lowest BCUT2D eigenvalue weighted by Crippen LogP contribution is -2.25. The van der Waals surface area contributed by atoms with E-state index in [2.05, 4.69) is 18.7 Å². The van der Waals surface area contributed by atoms with E-state index in [0.29, 0.717) is 12.3 Å². The number of nitrogens with zero attached hydrogens (tertiary/aromatic N) is 1. The van der Waals surface area contributed by atoms with Gasteiger partial charge < -0.3 is 9.57 Å². The molecule has 0 aliphatic rings. The average molecular weight is 323 g/mol. The van der Waals surface area contributed by atoms with Gasteiger partial charge in [0.2, 0.25) is 0 Å². The van der Waals surface area contributed by atoms with Crippen molar-refractivity contribution in [3.05, 3.63) is 45.5 Å². The maximum absolute atomic E-state index is 12.1. The van der Waals surface area contributed by atoms with Crippen LogP contribution in [0.1, 0.15) is 51.2 Å². The maximum Gasteiger partial charge on any atom is 0.313 e. The van der Waals surface area contributed by atoms with E-state index in [4.69, 9.17) is 4.74 Å². The lowest BCUT2D eigenvalue weighted by Gasteiger charge is -2.16. The van der Waals surface area contributed by atoms with E-state index < -0.39 is 23.1 Å². The summed E-state index contributed by atoms with van der Waals surface area (Å²) in [6.45, 7) is 7.69. The van der Waals surface area contributed by atoms with Gasteiger partial charge in [-0.15, -0.1) is 10.1 Å². The van der Waals surface area contributed by atoms with E-state index in [0.717, 1.165) is 12.0 Å². The number of carbonyl (C=O) groups is 1. The van der Waals surface area contributed by atoms with Crippen molar-refractivity contribution in [1.29, 1.82) is 0 Å². The maximum atomic E-state index is 12.1. The normalized spacial score (nSPS) is 13.4. The molecular weight excluding hydrogens is 298 g/mol. The summed E-state index contributed by atoms with van der Waals surface area (Å²) < 4.78 is 5.14. The van der Waals surface area contributed by atoms with E-state index in [1.807, 2.05) is 24.3 Å². The van der Waals surface area contributed by atoms with E-state index in [1.165, 1.54) is 5.56 Å². The molecule has 0 aliphatic heterocycles. The quantitative estimate of drug-likeness (QED) is 0.395. The van der Waals surface area contributed by atoms with E-state index in [1.54, 1.807) is 13.8 Å². The van der Waals surface area contributed by atoms with Gasteiger partial charge in [0.15, 0.2) is 0 Å². The fourth-order valence-electron chi connectivity index (χ4n) is 2.19. The molecule has 0 radical (unpaired) electrons. The number of carbonyl (C=O) groups excluding carboxylic acids is 1. The Morgan fingerprint density at radius 2 is 1.83 bits per heavy atom.